The maximum Gasteiger partial charge on any atom is 0.199 e. The van der Waals surface area contributed by atoms with Crippen LogP contribution in [0.25, 0.3) is 0 Å². The van der Waals surface area contributed by atoms with Gasteiger partial charge in [-0.05, 0) is 42.4 Å². The number of carbonyl (C=O) groups excluding carboxylic acids is 1. The summed E-state index contributed by atoms with van der Waals surface area (Å²) in [6.07, 6.45) is 3.55. The highest BCUT2D eigenvalue weighted by Crippen LogP contribution is 2.44. The van der Waals surface area contributed by atoms with Gasteiger partial charge in [-0.2, -0.15) is 0 Å². The molecule has 1 saturated carbocycles. The molecule has 3 rings (SSSR count). The molecule has 1 aromatic carbocycles. The van der Waals surface area contributed by atoms with Crippen molar-refractivity contribution in [1.82, 2.24) is 4.37 Å². The standard InChI is InChI=1S/C15H14ClNO4S2/c1-2-23(20,21)11-6-5-9(14(19)12(11)16)13(18)10-7-17-22-15(10)8-3-4-8/h5-8,19H,2-4H2,1H3. The van der Waals surface area contributed by atoms with Crippen molar-refractivity contribution in [3.63, 3.8) is 0 Å². The molecular weight excluding hydrogens is 358 g/mol. The highest BCUT2D eigenvalue weighted by molar-refractivity contribution is 7.91. The van der Waals surface area contributed by atoms with Gasteiger partial charge in [0.1, 0.15) is 10.8 Å². The van der Waals surface area contributed by atoms with Crippen LogP contribution >= 0.6 is 23.1 Å². The molecule has 1 aliphatic rings. The Labute approximate surface area is 143 Å². The molecule has 1 aliphatic carbocycles. The quantitative estimate of drug-likeness (QED) is 0.814. The van der Waals surface area contributed by atoms with Crippen LogP contribution in [0.3, 0.4) is 0 Å². The lowest BCUT2D eigenvalue weighted by atomic mass is 10.0. The minimum absolute atomic E-state index is 0.00727. The van der Waals surface area contributed by atoms with Crippen LogP contribution in [-0.4, -0.2) is 29.4 Å². The number of hydrogen-bond donors (Lipinski definition) is 1. The van der Waals surface area contributed by atoms with E-state index in [1.807, 2.05) is 0 Å². The number of phenolic OH excluding ortho intramolecular Hbond substituents is 1. The summed E-state index contributed by atoms with van der Waals surface area (Å²) >= 11 is 7.27. The second-order valence-electron chi connectivity index (χ2n) is 5.38. The van der Waals surface area contributed by atoms with Gasteiger partial charge in [0.2, 0.25) is 0 Å². The molecule has 1 heterocycles. The molecule has 1 N–H and O–H groups in total. The number of phenols is 1. The number of halogens is 1. The van der Waals surface area contributed by atoms with E-state index in [4.69, 9.17) is 11.6 Å². The van der Waals surface area contributed by atoms with E-state index < -0.39 is 15.6 Å². The summed E-state index contributed by atoms with van der Waals surface area (Å²) in [6.45, 7) is 1.49. The highest BCUT2D eigenvalue weighted by Gasteiger charge is 2.32. The molecule has 122 valence electrons. The van der Waals surface area contributed by atoms with E-state index in [2.05, 4.69) is 4.37 Å². The van der Waals surface area contributed by atoms with Gasteiger partial charge >= 0.3 is 0 Å². The Morgan fingerprint density at radius 3 is 2.70 bits per heavy atom. The molecule has 0 unspecified atom stereocenters. The number of benzene rings is 1. The zero-order valence-electron chi connectivity index (χ0n) is 12.2. The van der Waals surface area contributed by atoms with Gasteiger partial charge in [0.15, 0.2) is 15.6 Å². The third-order valence-electron chi connectivity index (χ3n) is 3.83. The monoisotopic (exact) mass is 371 g/mol. The molecule has 0 amide bonds. The van der Waals surface area contributed by atoms with Crippen LogP contribution in [0.4, 0.5) is 0 Å². The van der Waals surface area contributed by atoms with E-state index in [-0.39, 0.29) is 27.0 Å². The minimum Gasteiger partial charge on any atom is -0.506 e. The summed E-state index contributed by atoms with van der Waals surface area (Å²) in [6, 6.07) is 2.57. The first-order valence-corrected chi connectivity index (χ1v) is 9.90. The summed E-state index contributed by atoms with van der Waals surface area (Å²) in [5.41, 5.74) is 0.446. The van der Waals surface area contributed by atoms with Crippen LogP contribution in [0.2, 0.25) is 5.02 Å². The fourth-order valence-corrected chi connectivity index (χ4v) is 4.70. The van der Waals surface area contributed by atoms with Gasteiger partial charge in [-0.25, -0.2) is 12.8 Å². The molecule has 1 fully saturated rings. The maximum atomic E-state index is 12.7. The van der Waals surface area contributed by atoms with Gasteiger partial charge in [0.25, 0.3) is 0 Å². The van der Waals surface area contributed by atoms with Crippen LogP contribution in [0.1, 0.15) is 46.5 Å². The molecule has 0 radical (unpaired) electrons. The molecule has 8 heteroatoms. The van der Waals surface area contributed by atoms with Crippen molar-refractivity contribution in [2.24, 2.45) is 0 Å². The number of hydrogen-bond acceptors (Lipinski definition) is 6. The molecule has 23 heavy (non-hydrogen) atoms. The first-order valence-electron chi connectivity index (χ1n) is 7.10. The van der Waals surface area contributed by atoms with Crippen LogP contribution in [0, 0.1) is 0 Å². The van der Waals surface area contributed by atoms with Gasteiger partial charge < -0.3 is 5.11 Å². The van der Waals surface area contributed by atoms with Gasteiger partial charge in [-0.1, -0.05) is 18.5 Å². The second-order valence-corrected chi connectivity index (χ2v) is 8.84. The number of rotatable bonds is 5. The van der Waals surface area contributed by atoms with Crippen molar-refractivity contribution in [3.8, 4) is 5.75 Å². The Balaban J connectivity index is 2.05. The Morgan fingerprint density at radius 2 is 2.09 bits per heavy atom. The van der Waals surface area contributed by atoms with Gasteiger partial charge in [0.05, 0.1) is 28.0 Å². The molecule has 0 spiro atoms. The first kappa shape index (κ1) is 16.4. The van der Waals surface area contributed by atoms with E-state index in [0.717, 1.165) is 17.7 Å². The van der Waals surface area contributed by atoms with Crippen molar-refractivity contribution >= 4 is 38.8 Å². The van der Waals surface area contributed by atoms with Crippen LogP contribution in [0.15, 0.2) is 23.2 Å². The van der Waals surface area contributed by atoms with Crippen LogP contribution < -0.4 is 0 Å². The van der Waals surface area contributed by atoms with Crippen LogP contribution in [0.5, 0.6) is 5.75 Å². The highest BCUT2D eigenvalue weighted by atomic mass is 35.5. The van der Waals surface area contributed by atoms with E-state index >= 15 is 0 Å². The molecule has 0 atom stereocenters. The number of aromatic hydroxyl groups is 1. The number of nitrogens with zero attached hydrogens (tertiary/aromatic N) is 1. The molecule has 0 bridgehead atoms. The Hall–Kier alpha value is -1.44. The number of sulfone groups is 1. The summed E-state index contributed by atoms with van der Waals surface area (Å²) < 4.78 is 28.0. The third-order valence-corrected chi connectivity index (χ3v) is 7.06. The van der Waals surface area contributed by atoms with Gasteiger partial charge in [-0.3, -0.25) is 4.79 Å². The second kappa shape index (κ2) is 5.89. The normalized spacial score (nSPS) is 14.9. The predicted octanol–water partition coefficient (Wildman–Crippen LogP) is 3.40. The lowest BCUT2D eigenvalue weighted by molar-refractivity contribution is 0.103. The average Bonchev–Trinajstić information content (AvgIpc) is 3.26. The Morgan fingerprint density at radius 1 is 1.39 bits per heavy atom. The fraction of sp³-hybridized carbons (Fsp3) is 0.333. The lowest BCUT2D eigenvalue weighted by Crippen LogP contribution is -2.08. The summed E-state index contributed by atoms with van der Waals surface area (Å²) in [4.78, 5) is 13.4. The van der Waals surface area contributed by atoms with Crippen LogP contribution in [-0.2, 0) is 9.84 Å². The number of ketones is 1. The van der Waals surface area contributed by atoms with Crippen molar-refractivity contribution in [2.75, 3.05) is 5.75 Å². The molecule has 0 aliphatic heterocycles. The van der Waals surface area contributed by atoms with E-state index in [1.54, 1.807) is 0 Å². The number of aromatic nitrogens is 1. The fourth-order valence-electron chi connectivity index (χ4n) is 2.33. The average molecular weight is 372 g/mol. The van der Waals surface area contributed by atoms with Crippen molar-refractivity contribution < 1.29 is 18.3 Å². The summed E-state index contributed by atoms with van der Waals surface area (Å²) in [5, 5.41) is 9.91. The SMILES string of the molecule is CCS(=O)(=O)c1ccc(C(=O)c2cnsc2C2CC2)c(O)c1Cl. The van der Waals surface area contributed by atoms with Crippen molar-refractivity contribution in [1.29, 1.82) is 0 Å². The zero-order chi connectivity index (χ0) is 16.8. The van der Waals surface area contributed by atoms with E-state index in [1.165, 1.54) is 36.8 Å². The number of carbonyl (C=O) groups is 1. The predicted molar refractivity (Wildman–Crippen MR) is 88.4 cm³/mol. The topological polar surface area (TPSA) is 84.3 Å². The molecule has 0 saturated heterocycles. The Bertz CT molecular complexity index is 885. The molecule has 5 nitrogen and oxygen atoms in total. The molecule has 2 aromatic rings. The lowest BCUT2D eigenvalue weighted by Gasteiger charge is -2.10. The minimum atomic E-state index is -3.57. The smallest absolute Gasteiger partial charge is 0.199 e. The third kappa shape index (κ3) is 2.88. The molecule has 1 aromatic heterocycles. The maximum absolute atomic E-state index is 12.7. The van der Waals surface area contributed by atoms with E-state index in [9.17, 15) is 18.3 Å². The van der Waals surface area contributed by atoms with Gasteiger partial charge in [0, 0.05) is 4.88 Å². The van der Waals surface area contributed by atoms with Crippen molar-refractivity contribution in [2.45, 2.75) is 30.6 Å². The first-order chi connectivity index (χ1) is 10.9. The van der Waals surface area contributed by atoms with E-state index in [0.29, 0.717) is 11.5 Å². The zero-order valence-corrected chi connectivity index (χ0v) is 14.6. The Kier molecular flexibility index (Phi) is 4.20. The largest absolute Gasteiger partial charge is 0.506 e. The molecular formula is C15H14ClNO4S2. The summed E-state index contributed by atoms with van der Waals surface area (Å²) in [7, 11) is -3.57. The summed E-state index contributed by atoms with van der Waals surface area (Å²) in [5.74, 6) is -0.668. The van der Waals surface area contributed by atoms with Gasteiger partial charge in [-0.15, -0.1) is 0 Å². The van der Waals surface area contributed by atoms with Crippen molar-refractivity contribution in [3.05, 3.63) is 39.4 Å².